The minimum absolute atomic E-state index is 0.123. The van der Waals surface area contributed by atoms with E-state index >= 15 is 0 Å². The maximum Gasteiger partial charge on any atom is 0.225 e. The smallest absolute Gasteiger partial charge is 0.225 e. The molecular weight excluding hydrogens is 292 g/mol. The van der Waals surface area contributed by atoms with Gasteiger partial charge in [0.15, 0.2) is 0 Å². The van der Waals surface area contributed by atoms with Crippen molar-refractivity contribution in [2.75, 3.05) is 18.0 Å². The molecule has 1 N–H and O–H groups in total. The van der Waals surface area contributed by atoms with E-state index in [9.17, 15) is 4.79 Å². The van der Waals surface area contributed by atoms with Crippen LogP contribution in [0.3, 0.4) is 0 Å². The third-order valence-electron chi connectivity index (χ3n) is 4.16. The van der Waals surface area contributed by atoms with Crippen LogP contribution < -0.4 is 10.2 Å². The molecular formula is C18H22N2OS. The van der Waals surface area contributed by atoms with E-state index in [4.69, 9.17) is 0 Å². The van der Waals surface area contributed by atoms with Crippen LogP contribution in [0.2, 0.25) is 0 Å². The van der Waals surface area contributed by atoms with Gasteiger partial charge in [0, 0.05) is 29.7 Å². The van der Waals surface area contributed by atoms with E-state index in [0.717, 1.165) is 30.8 Å². The molecule has 1 aliphatic rings. The quantitative estimate of drug-likeness (QED) is 0.830. The molecule has 0 saturated carbocycles. The Morgan fingerprint density at radius 1 is 1.32 bits per heavy atom. The summed E-state index contributed by atoms with van der Waals surface area (Å²) in [5.74, 6) is 0.123. The molecule has 116 valence electrons. The van der Waals surface area contributed by atoms with Crippen LogP contribution in [0.1, 0.15) is 23.8 Å². The fraction of sp³-hybridized carbons (Fsp3) is 0.389. The molecule has 4 heteroatoms. The summed E-state index contributed by atoms with van der Waals surface area (Å²) in [7, 11) is 0. The van der Waals surface area contributed by atoms with Crippen molar-refractivity contribution in [3.63, 3.8) is 0 Å². The highest BCUT2D eigenvalue weighted by molar-refractivity contribution is 7.10. The Morgan fingerprint density at radius 2 is 2.18 bits per heavy atom. The monoisotopic (exact) mass is 314 g/mol. The second-order valence-corrected chi connectivity index (χ2v) is 6.87. The second kappa shape index (κ2) is 6.97. The number of anilines is 1. The number of nitrogens with zero attached hydrogens (tertiary/aromatic N) is 1. The van der Waals surface area contributed by atoms with Gasteiger partial charge in [0.1, 0.15) is 0 Å². The Hall–Kier alpha value is -1.81. The van der Waals surface area contributed by atoms with Crippen molar-refractivity contribution in [3.05, 3.63) is 52.2 Å². The largest absolute Gasteiger partial charge is 0.368 e. The normalized spacial score (nSPS) is 16.6. The number of fused-ring (bicyclic) bond motifs is 1. The lowest BCUT2D eigenvalue weighted by Gasteiger charge is -2.24. The van der Waals surface area contributed by atoms with Gasteiger partial charge < -0.3 is 10.2 Å². The standard InChI is InChI=1S/C18H22N2OS/c1-14-12-15-6-2-3-8-17(15)20(14)10-5-9-19-18(21)13-16-7-4-11-22-16/h2-4,6-8,11,14H,5,9-10,12-13H2,1H3,(H,19,21). The summed E-state index contributed by atoms with van der Waals surface area (Å²) in [6.07, 6.45) is 2.61. The zero-order valence-corrected chi connectivity index (χ0v) is 13.7. The van der Waals surface area contributed by atoms with E-state index in [2.05, 4.69) is 41.4 Å². The molecule has 22 heavy (non-hydrogen) atoms. The Bertz CT molecular complexity index is 624. The summed E-state index contributed by atoms with van der Waals surface area (Å²) < 4.78 is 0. The summed E-state index contributed by atoms with van der Waals surface area (Å²) in [5.41, 5.74) is 2.80. The maximum atomic E-state index is 11.9. The Balaban J connectivity index is 1.43. The third kappa shape index (κ3) is 3.50. The number of hydrogen-bond donors (Lipinski definition) is 1. The van der Waals surface area contributed by atoms with Crippen LogP contribution >= 0.6 is 11.3 Å². The fourth-order valence-electron chi connectivity index (χ4n) is 3.08. The highest BCUT2D eigenvalue weighted by Crippen LogP contribution is 2.31. The molecule has 0 bridgehead atoms. The number of nitrogens with one attached hydrogen (secondary N) is 1. The van der Waals surface area contributed by atoms with E-state index < -0.39 is 0 Å². The molecule has 1 atom stereocenters. The molecule has 1 amide bonds. The fourth-order valence-corrected chi connectivity index (χ4v) is 3.78. The van der Waals surface area contributed by atoms with Crippen LogP contribution in [-0.2, 0) is 17.6 Å². The van der Waals surface area contributed by atoms with Crippen LogP contribution in [0, 0.1) is 0 Å². The number of thiophene rings is 1. The van der Waals surface area contributed by atoms with Gasteiger partial charge in [0.05, 0.1) is 6.42 Å². The Kier molecular flexibility index (Phi) is 4.78. The summed E-state index contributed by atoms with van der Waals surface area (Å²) in [6, 6.07) is 13.2. The SMILES string of the molecule is CC1Cc2ccccc2N1CCCNC(=O)Cc1cccs1. The predicted molar refractivity (Wildman–Crippen MR) is 92.6 cm³/mol. The predicted octanol–water partition coefficient (Wildman–Crippen LogP) is 3.25. The van der Waals surface area contributed by atoms with Gasteiger partial charge >= 0.3 is 0 Å². The number of carbonyl (C=O) groups excluding carboxylic acids is 1. The summed E-state index contributed by atoms with van der Waals surface area (Å²) >= 11 is 1.63. The van der Waals surface area contributed by atoms with E-state index in [1.165, 1.54) is 11.3 Å². The highest BCUT2D eigenvalue weighted by atomic mass is 32.1. The van der Waals surface area contributed by atoms with Crippen molar-refractivity contribution in [1.29, 1.82) is 0 Å². The van der Waals surface area contributed by atoms with Gasteiger partial charge in [-0.05, 0) is 42.8 Å². The topological polar surface area (TPSA) is 32.3 Å². The molecule has 0 spiro atoms. The first-order valence-corrected chi connectivity index (χ1v) is 8.75. The van der Waals surface area contributed by atoms with Crippen molar-refractivity contribution in [3.8, 4) is 0 Å². The highest BCUT2D eigenvalue weighted by Gasteiger charge is 2.24. The number of amides is 1. The Labute approximate surface area is 136 Å². The van der Waals surface area contributed by atoms with Crippen molar-refractivity contribution in [2.24, 2.45) is 0 Å². The molecule has 1 aromatic carbocycles. The maximum absolute atomic E-state index is 11.9. The lowest BCUT2D eigenvalue weighted by atomic mass is 10.1. The van der Waals surface area contributed by atoms with Gasteiger partial charge in [-0.2, -0.15) is 0 Å². The van der Waals surface area contributed by atoms with Gasteiger partial charge in [0.25, 0.3) is 0 Å². The molecule has 3 nitrogen and oxygen atoms in total. The van der Waals surface area contributed by atoms with E-state index in [-0.39, 0.29) is 5.91 Å². The first kappa shape index (κ1) is 15.1. The third-order valence-corrected chi connectivity index (χ3v) is 5.04. The molecule has 0 saturated heterocycles. The molecule has 0 fully saturated rings. The number of para-hydroxylation sites is 1. The molecule has 1 unspecified atom stereocenters. The van der Waals surface area contributed by atoms with Crippen LogP contribution in [0.4, 0.5) is 5.69 Å². The molecule has 2 heterocycles. The van der Waals surface area contributed by atoms with Gasteiger partial charge in [0.2, 0.25) is 5.91 Å². The first-order valence-electron chi connectivity index (χ1n) is 7.87. The Morgan fingerprint density at radius 3 is 3.00 bits per heavy atom. The zero-order valence-electron chi connectivity index (χ0n) is 12.9. The zero-order chi connectivity index (χ0) is 15.4. The van der Waals surface area contributed by atoms with Gasteiger partial charge in [-0.15, -0.1) is 11.3 Å². The molecule has 1 aliphatic heterocycles. The number of hydrogen-bond acceptors (Lipinski definition) is 3. The van der Waals surface area contributed by atoms with Gasteiger partial charge in [-0.3, -0.25) is 4.79 Å². The number of benzene rings is 1. The van der Waals surface area contributed by atoms with Crippen molar-refractivity contribution < 1.29 is 4.79 Å². The van der Waals surface area contributed by atoms with Crippen LogP contribution in [-0.4, -0.2) is 25.0 Å². The number of rotatable bonds is 6. The van der Waals surface area contributed by atoms with Gasteiger partial charge in [-0.1, -0.05) is 24.3 Å². The van der Waals surface area contributed by atoms with Crippen LogP contribution in [0.25, 0.3) is 0 Å². The van der Waals surface area contributed by atoms with Crippen molar-refractivity contribution in [1.82, 2.24) is 5.32 Å². The van der Waals surface area contributed by atoms with E-state index in [1.807, 2.05) is 17.5 Å². The summed E-state index contributed by atoms with van der Waals surface area (Å²) in [6.45, 7) is 4.02. The van der Waals surface area contributed by atoms with E-state index in [0.29, 0.717) is 12.5 Å². The molecule has 0 radical (unpaired) electrons. The average molecular weight is 314 g/mol. The molecule has 2 aromatic rings. The summed E-state index contributed by atoms with van der Waals surface area (Å²) in [4.78, 5) is 15.4. The second-order valence-electron chi connectivity index (χ2n) is 5.83. The van der Waals surface area contributed by atoms with Crippen LogP contribution in [0.15, 0.2) is 41.8 Å². The van der Waals surface area contributed by atoms with Crippen LogP contribution in [0.5, 0.6) is 0 Å². The first-order chi connectivity index (χ1) is 10.7. The van der Waals surface area contributed by atoms with Crippen molar-refractivity contribution >= 4 is 22.9 Å². The number of carbonyl (C=O) groups is 1. The summed E-state index contributed by atoms with van der Waals surface area (Å²) in [5, 5.41) is 5.03. The van der Waals surface area contributed by atoms with E-state index in [1.54, 1.807) is 11.3 Å². The lowest BCUT2D eigenvalue weighted by Crippen LogP contribution is -2.33. The molecule has 3 rings (SSSR count). The molecule has 0 aliphatic carbocycles. The van der Waals surface area contributed by atoms with Gasteiger partial charge in [-0.25, -0.2) is 0 Å². The van der Waals surface area contributed by atoms with Crippen molar-refractivity contribution in [2.45, 2.75) is 32.2 Å². The minimum atomic E-state index is 0.123. The molecule has 1 aromatic heterocycles. The average Bonchev–Trinajstić information content (AvgIpc) is 3.11. The minimum Gasteiger partial charge on any atom is -0.368 e. The lowest BCUT2D eigenvalue weighted by molar-refractivity contribution is -0.120.